The molecule has 21 heavy (non-hydrogen) atoms. The van der Waals surface area contributed by atoms with Crippen LogP contribution in [0.15, 0.2) is 6.20 Å². The molecule has 1 fully saturated rings. The zero-order valence-electron chi connectivity index (χ0n) is 13.9. The first kappa shape index (κ1) is 16.3. The molecule has 1 aliphatic rings. The molecule has 0 amide bonds. The molecule has 0 radical (unpaired) electrons. The van der Waals surface area contributed by atoms with E-state index in [1.165, 1.54) is 12.8 Å². The zero-order valence-corrected chi connectivity index (χ0v) is 13.9. The van der Waals surface area contributed by atoms with Gasteiger partial charge < -0.3 is 9.64 Å². The van der Waals surface area contributed by atoms with Gasteiger partial charge in [-0.25, -0.2) is 5.43 Å². The van der Waals surface area contributed by atoms with Gasteiger partial charge in [-0.2, -0.15) is 5.10 Å². The number of hydrogen-bond donors (Lipinski definition) is 2. The summed E-state index contributed by atoms with van der Waals surface area (Å²) < 4.78 is 7.57. The predicted molar refractivity (Wildman–Crippen MR) is 84.1 cm³/mol. The molecular weight excluding hydrogens is 266 g/mol. The molecule has 0 aliphatic heterocycles. The maximum Gasteiger partial charge on any atom is 0.161 e. The van der Waals surface area contributed by atoms with Gasteiger partial charge in [-0.3, -0.25) is 10.5 Å². The lowest BCUT2D eigenvalue weighted by Crippen LogP contribution is -2.54. The molecule has 3 N–H and O–H groups in total. The molecule has 0 spiro atoms. The van der Waals surface area contributed by atoms with Crippen LogP contribution in [0.25, 0.3) is 0 Å². The van der Waals surface area contributed by atoms with Gasteiger partial charge in [-0.15, -0.1) is 0 Å². The van der Waals surface area contributed by atoms with Crippen LogP contribution in [0.3, 0.4) is 0 Å². The SMILES string of the molecule is COc1cnn(C(C)C)c1C(NN)C1(N(C)C)CCCC1. The van der Waals surface area contributed by atoms with E-state index in [0.717, 1.165) is 24.3 Å². The third kappa shape index (κ3) is 2.67. The fraction of sp³-hybridized carbons (Fsp3) is 0.800. The van der Waals surface area contributed by atoms with E-state index in [-0.39, 0.29) is 17.6 Å². The monoisotopic (exact) mass is 295 g/mol. The Balaban J connectivity index is 2.52. The van der Waals surface area contributed by atoms with E-state index < -0.39 is 0 Å². The van der Waals surface area contributed by atoms with Crippen molar-refractivity contribution in [3.05, 3.63) is 11.9 Å². The molecule has 1 aromatic heterocycles. The highest BCUT2D eigenvalue weighted by atomic mass is 16.5. The Labute approximate surface area is 127 Å². The molecule has 6 heteroatoms. The lowest BCUT2D eigenvalue weighted by atomic mass is 9.84. The Hall–Kier alpha value is -1.11. The van der Waals surface area contributed by atoms with Gasteiger partial charge in [-0.05, 0) is 40.8 Å². The number of nitrogens with zero attached hydrogens (tertiary/aromatic N) is 3. The van der Waals surface area contributed by atoms with Crippen LogP contribution in [0.5, 0.6) is 5.75 Å². The summed E-state index contributed by atoms with van der Waals surface area (Å²) in [5.41, 5.74) is 4.11. The van der Waals surface area contributed by atoms with Crippen LogP contribution in [-0.2, 0) is 0 Å². The van der Waals surface area contributed by atoms with Gasteiger partial charge in [0.2, 0.25) is 0 Å². The van der Waals surface area contributed by atoms with Crippen LogP contribution in [0.2, 0.25) is 0 Å². The van der Waals surface area contributed by atoms with Crippen LogP contribution in [0, 0.1) is 0 Å². The summed E-state index contributed by atoms with van der Waals surface area (Å²) >= 11 is 0. The Morgan fingerprint density at radius 3 is 2.43 bits per heavy atom. The van der Waals surface area contributed by atoms with Crippen molar-refractivity contribution < 1.29 is 4.74 Å². The Morgan fingerprint density at radius 1 is 1.38 bits per heavy atom. The molecule has 1 aromatic rings. The molecule has 120 valence electrons. The number of rotatable bonds is 6. The lowest BCUT2D eigenvalue weighted by molar-refractivity contribution is 0.0978. The van der Waals surface area contributed by atoms with Crippen molar-refractivity contribution in [3.8, 4) is 5.75 Å². The molecule has 1 aliphatic carbocycles. The minimum atomic E-state index is -0.00477. The van der Waals surface area contributed by atoms with E-state index in [4.69, 9.17) is 10.6 Å². The molecule has 6 nitrogen and oxygen atoms in total. The largest absolute Gasteiger partial charge is 0.493 e. The number of ether oxygens (including phenoxy) is 1. The summed E-state index contributed by atoms with van der Waals surface area (Å²) in [6.07, 6.45) is 6.50. The molecule has 0 aromatic carbocycles. The first-order valence-electron chi connectivity index (χ1n) is 7.73. The van der Waals surface area contributed by atoms with Gasteiger partial charge in [0.15, 0.2) is 5.75 Å². The Morgan fingerprint density at radius 2 is 2.00 bits per heavy atom. The summed E-state index contributed by atoms with van der Waals surface area (Å²) in [6.45, 7) is 4.25. The Bertz CT molecular complexity index is 463. The van der Waals surface area contributed by atoms with E-state index >= 15 is 0 Å². The third-order valence-corrected chi connectivity index (χ3v) is 4.85. The van der Waals surface area contributed by atoms with E-state index in [1.807, 2.05) is 4.68 Å². The summed E-state index contributed by atoms with van der Waals surface area (Å²) in [5.74, 6) is 6.79. The molecule has 2 rings (SSSR count). The van der Waals surface area contributed by atoms with Crippen molar-refractivity contribution in [2.45, 2.75) is 57.2 Å². The first-order valence-corrected chi connectivity index (χ1v) is 7.73. The average Bonchev–Trinajstić information content (AvgIpc) is 3.07. The fourth-order valence-corrected chi connectivity index (χ4v) is 3.67. The number of aromatic nitrogens is 2. The zero-order chi connectivity index (χ0) is 15.6. The van der Waals surface area contributed by atoms with Gasteiger partial charge in [0.1, 0.15) is 5.69 Å². The molecule has 0 saturated heterocycles. The van der Waals surface area contributed by atoms with Crippen molar-refractivity contribution in [1.82, 2.24) is 20.1 Å². The smallest absolute Gasteiger partial charge is 0.161 e. The maximum atomic E-state index is 5.99. The van der Waals surface area contributed by atoms with Crippen molar-refractivity contribution >= 4 is 0 Å². The number of hydrazine groups is 1. The molecular formula is C15H29N5O. The van der Waals surface area contributed by atoms with Crippen molar-refractivity contribution in [2.24, 2.45) is 5.84 Å². The number of nitrogens with one attached hydrogen (secondary N) is 1. The standard InChI is InChI=1S/C15H29N5O/c1-11(2)20-13(12(21-5)10-17-20)14(18-16)15(19(3)4)8-6-7-9-15/h10-11,14,18H,6-9,16H2,1-5H3. The van der Waals surface area contributed by atoms with E-state index in [1.54, 1.807) is 13.3 Å². The number of hydrogen-bond acceptors (Lipinski definition) is 5. The highest BCUT2D eigenvalue weighted by Gasteiger charge is 2.46. The predicted octanol–water partition coefficient (Wildman–Crippen LogP) is 1.85. The van der Waals surface area contributed by atoms with Crippen LogP contribution in [-0.4, -0.2) is 41.4 Å². The average molecular weight is 295 g/mol. The van der Waals surface area contributed by atoms with Gasteiger partial charge in [0.05, 0.1) is 19.3 Å². The normalized spacial score (nSPS) is 19.4. The van der Waals surface area contributed by atoms with E-state index in [0.29, 0.717) is 0 Å². The summed E-state index contributed by atoms with van der Waals surface area (Å²) in [4.78, 5) is 2.31. The summed E-state index contributed by atoms with van der Waals surface area (Å²) in [6, 6.07) is 0.259. The van der Waals surface area contributed by atoms with Crippen LogP contribution < -0.4 is 16.0 Å². The molecule has 1 saturated carbocycles. The van der Waals surface area contributed by atoms with Crippen molar-refractivity contribution in [3.63, 3.8) is 0 Å². The van der Waals surface area contributed by atoms with Gasteiger partial charge in [-0.1, -0.05) is 12.8 Å². The quantitative estimate of drug-likeness (QED) is 0.619. The molecule has 0 bridgehead atoms. The van der Waals surface area contributed by atoms with Crippen LogP contribution in [0.4, 0.5) is 0 Å². The van der Waals surface area contributed by atoms with Gasteiger partial charge in [0.25, 0.3) is 0 Å². The topological polar surface area (TPSA) is 68.3 Å². The minimum Gasteiger partial charge on any atom is -0.493 e. The van der Waals surface area contributed by atoms with Crippen LogP contribution >= 0.6 is 0 Å². The van der Waals surface area contributed by atoms with E-state index in [9.17, 15) is 0 Å². The van der Waals surface area contributed by atoms with Crippen molar-refractivity contribution in [1.29, 1.82) is 0 Å². The first-order chi connectivity index (χ1) is 9.97. The third-order valence-electron chi connectivity index (χ3n) is 4.85. The second-order valence-electron chi connectivity index (χ2n) is 6.44. The number of methoxy groups -OCH3 is 1. The molecule has 1 unspecified atom stereocenters. The number of nitrogens with two attached hydrogens (primary N) is 1. The fourth-order valence-electron chi connectivity index (χ4n) is 3.67. The molecule has 1 atom stereocenters. The highest BCUT2D eigenvalue weighted by Crippen LogP contribution is 2.45. The highest BCUT2D eigenvalue weighted by molar-refractivity contribution is 5.32. The minimum absolute atomic E-state index is 0.00477. The van der Waals surface area contributed by atoms with Crippen molar-refractivity contribution in [2.75, 3.05) is 21.2 Å². The van der Waals surface area contributed by atoms with Gasteiger partial charge >= 0.3 is 0 Å². The van der Waals surface area contributed by atoms with Gasteiger partial charge in [0, 0.05) is 11.6 Å². The molecule has 1 heterocycles. The second-order valence-corrected chi connectivity index (χ2v) is 6.44. The summed E-state index contributed by atoms with van der Waals surface area (Å²) in [5, 5.41) is 4.49. The van der Waals surface area contributed by atoms with E-state index in [2.05, 4.69) is 43.4 Å². The number of likely N-dealkylation sites (N-methyl/N-ethyl adjacent to an activating group) is 1. The van der Waals surface area contributed by atoms with Crippen LogP contribution in [0.1, 0.15) is 57.3 Å². The lowest BCUT2D eigenvalue weighted by Gasteiger charge is -2.43. The maximum absolute atomic E-state index is 5.99. The second kappa shape index (κ2) is 6.34. The Kier molecular flexibility index (Phi) is 4.91. The summed E-state index contributed by atoms with van der Waals surface area (Å²) in [7, 11) is 5.96.